The number of hydrogen-bond donors (Lipinski definition) is 3. The highest BCUT2D eigenvalue weighted by atomic mass is 35.5. The Morgan fingerprint density at radius 3 is 2.43 bits per heavy atom. The van der Waals surface area contributed by atoms with Crippen LogP contribution in [0.15, 0.2) is 29.3 Å². The van der Waals surface area contributed by atoms with Crippen molar-refractivity contribution in [2.45, 2.75) is 38.1 Å². The number of benzene rings is 1. The molecule has 0 bridgehead atoms. The number of carbonyl (C=O) groups is 1. The van der Waals surface area contributed by atoms with E-state index < -0.39 is 0 Å². The molecule has 1 aliphatic carbocycles. The van der Waals surface area contributed by atoms with Gasteiger partial charge in [0, 0.05) is 36.8 Å². The lowest BCUT2D eigenvalue weighted by Gasteiger charge is -2.24. The van der Waals surface area contributed by atoms with Crippen molar-refractivity contribution in [3.05, 3.63) is 34.9 Å². The third-order valence-electron chi connectivity index (χ3n) is 3.98. The summed E-state index contributed by atoms with van der Waals surface area (Å²) in [5.74, 6) is 0.705. The molecule has 1 aromatic rings. The molecular formula is C17H25ClN4O. The Morgan fingerprint density at radius 2 is 1.78 bits per heavy atom. The lowest BCUT2D eigenvalue weighted by Crippen LogP contribution is -2.46. The van der Waals surface area contributed by atoms with E-state index in [4.69, 9.17) is 11.6 Å². The smallest absolute Gasteiger partial charge is 0.251 e. The zero-order chi connectivity index (χ0) is 16.5. The maximum Gasteiger partial charge on any atom is 0.251 e. The van der Waals surface area contributed by atoms with Gasteiger partial charge >= 0.3 is 0 Å². The van der Waals surface area contributed by atoms with Crippen molar-refractivity contribution in [2.24, 2.45) is 4.99 Å². The summed E-state index contributed by atoms with van der Waals surface area (Å²) in [6.45, 7) is 1.17. The molecule has 6 heteroatoms. The van der Waals surface area contributed by atoms with Gasteiger partial charge in [-0.05, 0) is 37.1 Å². The Morgan fingerprint density at radius 1 is 1.13 bits per heavy atom. The van der Waals surface area contributed by atoms with E-state index in [-0.39, 0.29) is 5.91 Å². The van der Waals surface area contributed by atoms with Gasteiger partial charge in [-0.2, -0.15) is 0 Å². The number of carbonyl (C=O) groups excluding carboxylic acids is 1. The molecule has 0 saturated heterocycles. The molecule has 5 nitrogen and oxygen atoms in total. The topological polar surface area (TPSA) is 65.5 Å². The fourth-order valence-corrected chi connectivity index (χ4v) is 2.82. The highest BCUT2D eigenvalue weighted by Crippen LogP contribution is 2.17. The fourth-order valence-electron chi connectivity index (χ4n) is 2.70. The molecule has 2 rings (SSSR count). The van der Waals surface area contributed by atoms with Gasteiger partial charge in [0.25, 0.3) is 5.91 Å². The van der Waals surface area contributed by atoms with Gasteiger partial charge in [-0.15, -0.1) is 0 Å². The van der Waals surface area contributed by atoms with Crippen molar-refractivity contribution in [3.8, 4) is 0 Å². The number of rotatable bonds is 5. The SMILES string of the molecule is CN=C(NCCNC(=O)c1ccc(Cl)cc1)NC1CCCCC1. The second kappa shape index (κ2) is 9.40. The average Bonchev–Trinajstić information content (AvgIpc) is 2.59. The van der Waals surface area contributed by atoms with Crippen LogP contribution in [-0.4, -0.2) is 38.0 Å². The molecule has 0 unspecified atom stereocenters. The Bertz CT molecular complexity index is 524. The van der Waals surface area contributed by atoms with E-state index in [0.29, 0.717) is 29.7 Å². The quantitative estimate of drug-likeness (QED) is 0.440. The van der Waals surface area contributed by atoms with Gasteiger partial charge in [0.1, 0.15) is 0 Å². The van der Waals surface area contributed by atoms with Crippen LogP contribution in [0.4, 0.5) is 0 Å². The second-order valence-electron chi connectivity index (χ2n) is 5.74. The van der Waals surface area contributed by atoms with E-state index in [9.17, 15) is 4.79 Å². The number of guanidine groups is 1. The minimum absolute atomic E-state index is 0.0984. The second-order valence-corrected chi connectivity index (χ2v) is 6.18. The van der Waals surface area contributed by atoms with Crippen LogP contribution >= 0.6 is 11.6 Å². The summed E-state index contributed by atoms with van der Waals surface area (Å²) >= 11 is 5.81. The molecule has 1 aromatic carbocycles. The van der Waals surface area contributed by atoms with E-state index in [1.165, 1.54) is 32.1 Å². The van der Waals surface area contributed by atoms with Crippen molar-refractivity contribution in [3.63, 3.8) is 0 Å². The number of halogens is 1. The minimum atomic E-state index is -0.0984. The summed E-state index contributed by atoms with van der Waals surface area (Å²) in [7, 11) is 1.77. The van der Waals surface area contributed by atoms with Gasteiger partial charge in [-0.3, -0.25) is 9.79 Å². The van der Waals surface area contributed by atoms with Crippen LogP contribution in [0.5, 0.6) is 0 Å². The van der Waals surface area contributed by atoms with Crippen molar-refractivity contribution >= 4 is 23.5 Å². The minimum Gasteiger partial charge on any atom is -0.355 e. The molecule has 1 aliphatic rings. The Hall–Kier alpha value is -1.75. The molecule has 0 heterocycles. The Kier molecular flexibility index (Phi) is 7.20. The first-order valence-electron chi connectivity index (χ1n) is 8.20. The zero-order valence-corrected chi connectivity index (χ0v) is 14.3. The highest BCUT2D eigenvalue weighted by Gasteiger charge is 2.14. The first-order chi connectivity index (χ1) is 11.2. The standard InChI is InChI=1S/C17H25ClN4O/c1-19-17(22-15-5-3-2-4-6-15)21-12-11-20-16(23)13-7-9-14(18)10-8-13/h7-10,15H,2-6,11-12H2,1H3,(H,20,23)(H2,19,21,22). The monoisotopic (exact) mass is 336 g/mol. The normalized spacial score (nSPS) is 16.0. The van der Waals surface area contributed by atoms with Crippen molar-refractivity contribution in [1.82, 2.24) is 16.0 Å². The lowest BCUT2D eigenvalue weighted by molar-refractivity contribution is 0.0954. The molecule has 1 fully saturated rings. The number of amides is 1. The van der Waals surface area contributed by atoms with E-state index in [0.717, 1.165) is 5.96 Å². The molecule has 0 spiro atoms. The lowest BCUT2D eigenvalue weighted by atomic mass is 9.96. The van der Waals surface area contributed by atoms with Crippen LogP contribution in [0.3, 0.4) is 0 Å². The fraction of sp³-hybridized carbons (Fsp3) is 0.529. The highest BCUT2D eigenvalue weighted by molar-refractivity contribution is 6.30. The predicted octanol–water partition coefficient (Wildman–Crippen LogP) is 2.57. The summed E-state index contributed by atoms with van der Waals surface area (Å²) in [5.41, 5.74) is 0.610. The number of aliphatic imine (C=N–C) groups is 1. The van der Waals surface area contributed by atoms with Gasteiger partial charge in [0.15, 0.2) is 5.96 Å². The summed E-state index contributed by atoms with van der Waals surface area (Å²) in [6.07, 6.45) is 6.31. The van der Waals surface area contributed by atoms with Gasteiger partial charge in [-0.1, -0.05) is 30.9 Å². The van der Waals surface area contributed by atoms with Crippen molar-refractivity contribution in [2.75, 3.05) is 20.1 Å². The first kappa shape index (κ1) is 17.6. The molecule has 1 saturated carbocycles. The molecule has 126 valence electrons. The van der Waals surface area contributed by atoms with E-state index in [1.54, 1.807) is 31.3 Å². The summed E-state index contributed by atoms with van der Waals surface area (Å²) in [4.78, 5) is 16.2. The molecule has 0 aromatic heterocycles. The summed E-state index contributed by atoms with van der Waals surface area (Å²) in [5, 5.41) is 10.2. The van der Waals surface area contributed by atoms with Gasteiger partial charge < -0.3 is 16.0 Å². The van der Waals surface area contributed by atoms with Crippen LogP contribution in [0, 0.1) is 0 Å². The predicted molar refractivity (Wildman–Crippen MR) is 95.2 cm³/mol. The molecular weight excluding hydrogens is 312 g/mol. The molecule has 3 N–H and O–H groups in total. The van der Waals surface area contributed by atoms with E-state index >= 15 is 0 Å². The van der Waals surface area contributed by atoms with Gasteiger partial charge in [0.2, 0.25) is 0 Å². The number of hydrogen-bond acceptors (Lipinski definition) is 2. The zero-order valence-electron chi connectivity index (χ0n) is 13.6. The van der Waals surface area contributed by atoms with Crippen LogP contribution in [-0.2, 0) is 0 Å². The average molecular weight is 337 g/mol. The molecule has 0 atom stereocenters. The Labute approximate surface area is 142 Å². The maximum atomic E-state index is 12.0. The van der Waals surface area contributed by atoms with Crippen LogP contribution in [0.2, 0.25) is 5.02 Å². The van der Waals surface area contributed by atoms with E-state index in [2.05, 4.69) is 20.9 Å². The summed E-state index contributed by atoms with van der Waals surface area (Å²) < 4.78 is 0. The van der Waals surface area contributed by atoms with Crippen molar-refractivity contribution in [1.29, 1.82) is 0 Å². The van der Waals surface area contributed by atoms with Crippen LogP contribution in [0.1, 0.15) is 42.5 Å². The largest absolute Gasteiger partial charge is 0.355 e. The number of nitrogens with zero attached hydrogens (tertiary/aromatic N) is 1. The maximum absolute atomic E-state index is 12.0. The van der Waals surface area contributed by atoms with Crippen LogP contribution < -0.4 is 16.0 Å². The molecule has 1 amide bonds. The van der Waals surface area contributed by atoms with Gasteiger partial charge in [-0.25, -0.2) is 0 Å². The van der Waals surface area contributed by atoms with Gasteiger partial charge in [0.05, 0.1) is 0 Å². The van der Waals surface area contributed by atoms with Crippen LogP contribution in [0.25, 0.3) is 0 Å². The third kappa shape index (κ3) is 6.10. The molecule has 0 radical (unpaired) electrons. The Balaban J connectivity index is 1.67. The molecule has 23 heavy (non-hydrogen) atoms. The summed E-state index contributed by atoms with van der Waals surface area (Å²) in [6, 6.07) is 7.37. The third-order valence-corrected chi connectivity index (χ3v) is 4.23. The number of nitrogens with one attached hydrogen (secondary N) is 3. The van der Waals surface area contributed by atoms with Crippen molar-refractivity contribution < 1.29 is 4.79 Å². The molecule has 0 aliphatic heterocycles. The first-order valence-corrected chi connectivity index (χ1v) is 8.58. The van der Waals surface area contributed by atoms with E-state index in [1.807, 2.05) is 0 Å².